The molecule has 2 bridgehead atoms. The predicted octanol–water partition coefficient (Wildman–Crippen LogP) is 7.08. The van der Waals surface area contributed by atoms with Gasteiger partial charge in [0.15, 0.2) is 0 Å². The Bertz CT molecular complexity index is 1050. The highest BCUT2D eigenvalue weighted by molar-refractivity contribution is 5.78. The van der Waals surface area contributed by atoms with Crippen LogP contribution in [0.3, 0.4) is 0 Å². The normalized spacial score (nSPS) is 32.9. The Morgan fingerprint density at radius 2 is 1.79 bits per heavy atom. The molecule has 1 N–H and O–H groups in total. The summed E-state index contributed by atoms with van der Waals surface area (Å²) in [7, 11) is 0. The second-order valence-corrected chi connectivity index (χ2v) is 13.5. The van der Waals surface area contributed by atoms with E-state index in [4.69, 9.17) is 4.98 Å². The van der Waals surface area contributed by atoms with E-state index in [1.54, 1.807) is 0 Å². The molecule has 0 spiro atoms. The number of carbonyl (C=O) groups excluding carboxylic acids is 1. The number of rotatable bonds is 5. The van der Waals surface area contributed by atoms with Gasteiger partial charge in [-0.3, -0.25) is 4.79 Å². The minimum atomic E-state index is 0.203. The van der Waals surface area contributed by atoms with Gasteiger partial charge in [0.25, 0.3) is 0 Å². The van der Waals surface area contributed by atoms with Gasteiger partial charge in [-0.15, -0.1) is 0 Å². The van der Waals surface area contributed by atoms with E-state index in [0.717, 1.165) is 30.3 Å². The van der Waals surface area contributed by atoms with Crippen LogP contribution >= 0.6 is 0 Å². The maximum atomic E-state index is 13.2. The van der Waals surface area contributed by atoms with E-state index in [1.165, 1.54) is 49.9 Å². The third-order valence-electron chi connectivity index (χ3n) is 10.7. The largest absolute Gasteiger partial charge is 0.353 e. The SMILES string of the molecule is CC(C)(C)C1CCC(c2nc3ccccc3n2CCC(=O)N[C@H]2C[C@H]3CC[C@]2(C)C3(C)C)CC1. The van der Waals surface area contributed by atoms with Crippen LogP contribution in [0.4, 0.5) is 0 Å². The highest BCUT2D eigenvalue weighted by Crippen LogP contribution is 2.65. The lowest BCUT2D eigenvalue weighted by atomic mass is 9.69. The lowest BCUT2D eigenvalue weighted by Crippen LogP contribution is -2.47. The number of benzene rings is 1. The van der Waals surface area contributed by atoms with Gasteiger partial charge in [0.1, 0.15) is 5.82 Å². The molecule has 0 saturated heterocycles. The van der Waals surface area contributed by atoms with Gasteiger partial charge >= 0.3 is 0 Å². The quantitative estimate of drug-likeness (QED) is 0.515. The maximum Gasteiger partial charge on any atom is 0.222 e. The summed E-state index contributed by atoms with van der Waals surface area (Å²) in [6.45, 7) is 15.1. The van der Waals surface area contributed by atoms with E-state index in [2.05, 4.69) is 75.7 Å². The van der Waals surface area contributed by atoms with E-state index < -0.39 is 0 Å². The van der Waals surface area contributed by atoms with Crippen LogP contribution in [0.1, 0.15) is 105 Å². The van der Waals surface area contributed by atoms with E-state index in [0.29, 0.717) is 29.2 Å². The standard InChI is InChI=1S/C30H45N3O/c1-28(2,3)21-13-11-20(12-14-21)27-31-23-9-7-8-10-24(23)33(27)18-16-26(34)32-25-19-22-15-17-30(25,6)29(22,4)5/h7-10,20-22,25H,11-19H2,1-6H3,(H,32,34)/t20?,21?,22-,25+,30+/m1/s1. The van der Waals surface area contributed by atoms with Crippen LogP contribution in [0.25, 0.3) is 11.0 Å². The number of imidazole rings is 1. The molecule has 0 radical (unpaired) electrons. The summed E-state index contributed by atoms with van der Waals surface area (Å²) in [5.74, 6) is 3.44. The fourth-order valence-electron chi connectivity index (χ4n) is 7.76. The molecule has 3 atom stereocenters. The molecule has 1 heterocycles. The van der Waals surface area contributed by atoms with E-state index >= 15 is 0 Å². The van der Waals surface area contributed by atoms with Crippen molar-refractivity contribution in [2.45, 2.75) is 111 Å². The highest BCUT2D eigenvalue weighted by Gasteiger charge is 2.61. The van der Waals surface area contributed by atoms with Crippen molar-refractivity contribution in [1.29, 1.82) is 0 Å². The minimum Gasteiger partial charge on any atom is -0.353 e. The van der Waals surface area contributed by atoms with Crippen molar-refractivity contribution < 1.29 is 4.79 Å². The molecular weight excluding hydrogens is 418 g/mol. The summed E-state index contributed by atoms with van der Waals surface area (Å²) >= 11 is 0. The molecule has 3 aliphatic rings. The molecule has 0 aliphatic heterocycles. The minimum absolute atomic E-state index is 0.203. The fraction of sp³-hybridized carbons (Fsp3) is 0.733. The molecule has 1 amide bonds. The molecule has 5 rings (SSSR count). The highest BCUT2D eigenvalue weighted by atomic mass is 16.1. The average Bonchev–Trinajstić information content (AvgIpc) is 3.33. The summed E-state index contributed by atoms with van der Waals surface area (Å²) in [4.78, 5) is 18.3. The Morgan fingerprint density at radius 3 is 2.41 bits per heavy atom. The van der Waals surface area contributed by atoms with Crippen molar-refractivity contribution >= 4 is 16.9 Å². The summed E-state index contributed by atoms with van der Waals surface area (Å²) in [5.41, 5.74) is 3.18. The summed E-state index contributed by atoms with van der Waals surface area (Å²) in [5, 5.41) is 3.47. The Balaban J connectivity index is 1.29. The lowest BCUT2D eigenvalue weighted by molar-refractivity contribution is -0.123. The van der Waals surface area contributed by atoms with Crippen molar-refractivity contribution in [2.24, 2.45) is 28.1 Å². The van der Waals surface area contributed by atoms with Gasteiger partial charge in [-0.1, -0.05) is 53.7 Å². The van der Waals surface area contributed by atoms with E-state index in [1.807, 2.05) is 0 Å². The molecule has 0 unspecified atom stereocenters. The topological polar surface area (TPSA) is 46.9 Å². The lowest BCUT2D eigenvalue weighted by Gasteiger charge is -2.39. The molecule has 1 aromatic heterocycles. The van der Waals surface area contributed by atoms with Crippen LogP contribution in [0.15, 0.2) is 24.3 Å². The molecular formula is C30H45N3O. The zero-order valence-corrected chi connectivity index (χ0v) is 22.3. The first-order valence-electron chi connectivity index (χ1n) is 13.8. The first kappa shape index (κ1) is 23.9. The summed E-state index contributed by atoms with van der Waals surface area (Å²) in [6.07, 6.45) is 9.18. The number of hydrogen-bond acceptors (Lipinski definition) is 2. The van der Waals surface area contributed by atoms with Gasteiger partial charge in [-0.2, -0.15) is 0 Å². The van der Waals surface area contributed by atoms with Crippen molar-refractivity contribution in [3.8, 4) is 0 Å². The van der Waals surface area contributed by atoms with Crippen LogP contribution in [-0.4, -0.2) is 21.5 Å². The zero-order valence-electron chi connectivity index (χ0n) is 22.3. The van der Waals surface area contributed by atoms with Gasteiger partial charge in [0, 0.05) is 24.9 Å². The molecule has 3 saturated carbocycles. The maximum absolute atomic E-state index is 13.2. The molecule has 4 nitrogen and oxygen atoms in total. The van der Waals surface area contributed by atoms with Gasteiger partial charge in [0.2, 0.25) is 5.91 Å². The summed E-state index contributed by atoms with van der Waals surface area (Å²) < 4.78 is 2.36. The zero-order chi connectivity index (χ0) is 24.3. The number of fused-ring (bicyclic) bond motifs is 3. The fourth-order valence-corrected chi connectivity index (χ4v) is 7.76. The van der Waals surface area contributed by atoms with Crippen molar-refractivity contribution in [2.75, 3.05) is 0 Å². The van der Waals surface area contributed by atoms with E-state index in [-0.39, 0.29) is 11.3 Å². The Hall–Kier alpha value is -1.84. The van der Waals surface area contributed by atoms with Gasteiger partial charge in [-0.05, 0) is 85.2 Å². The Kier molecular flexibility index (Phi) is 5.89. The van der Waals surface area contributed by atoms with Crippen LogP contribution in [0, 0.1) is 28.1 Å². The Morgan fingerprint density at radius 1 is 1.09 bits per heavy atom. The molecule has 3 fully saturated rings. The molecule has 4 heteroatoms. The first-order chi connectivity index (χ1) is 16.0. The molecule has 3 aliphatic carbocycles. The molecule has 34 heavy (non-hydrogen) atoms. The van der Waals surface area contributed by atoms with Gasteiger partial charge < -0.3 is 9.88 Å². The number of aromatic nitrogens is 2. The average molecular weight is 464 g/mol. The first-order valence-corrected chi connectivity index (χ1v) is 13.8. The number of nitrogens with one attached hydrogen (secondary N) is 1. The Labute approximate surface area is 206 Å². The molecule has 2 aromatic rings. The van der Waals surface area contributed by atoms with Crippen LogP contribution in [-0.2, 0) is 11.3 Å². The van der Waals surface area contributed by atoms with Crippen LogP contribution in [0.2, 0.25) is 0 Å². The van der Waals surface area contributed by atoms with Crippen molar-refractivity contribution in [3.63, 3.8) is 0 Å². The number of hydrogen-bond donors (Lipinski definition) is 1. The van der Waals surface area contributed by atoms with Crippen LogP contribution in [0.5, 0.6) is 0 Å². The van der Waals surface area contributed by atoms with E-state index in [9.17, 15) is 4.79 Å². The van der Waals surface area contributed by atoms with Crippen molar-refractivity contribution in [3.05, 3.63) is 30.1 Å². The number of aryl methyl sites for hydroxylation is 1. The monoisotopic (exact) mass is 463 g/mol. The molecule has 1 aromatic carbocycles. The second kappa shape index (κ2) is 8.38. The number of amides is 1. The summed E-state index contributed by atoms with van der Waals surface area (Å²) in [6, 6.07) is 8.78. The van der Waals surface area contributed by atoms with Crippen molar-refractivity contribution in [1.82, 2.24) is 14.9 Å². The van der Waals surface area contributed by atoms with Crippen LogP contribution < -0.4 is 5.32 Å². The smallest absolute Gasteiger partial charge is 0.222 e. The number of nitrogens with zero attached hydrogens (tertiary/aromatic N) is 2. The molecule has 186 valence electrons. The van der Waals surface area contributed by atoms with Gasteiger partial charge in [-0.25, -0.2) is 4.98 Å². The predicted molar refractivity (Wildman–Crippen MR) is 140 cm³/mol. The third-order valence-corrected chi connectivity index (χ3v) is 10.7. The van der Waals surface area contributed by atoms with Gasteiger partial charge in [0.05, 0.1) is 11.0 Å². The number of para-hydroxylation sites is 2. The third kappa shape index (κ3) is 3.89. The number of carbonyl (C=O) groups is 1. The second-order valence-electron chi connectivity index (χ2n) is 13.5.